The van der Waals surface area contributed by atoms with E-state index in [1.165, 1.54) is 0 Å². The van der Waals surface area contributed by atoms with E-state index in [0.717, 1.165) is 5.56 Å². The molecule has 1 aromatic rings. The Hall–Kier alpha value is -1.77. The number of aliphatic hydroxyl groups excluding tert-OH is 1. The molecule has 2 atom stereocenters. The van der Waals surface area contributed by atoms with Gasteiger partial charge < -0.3 is 10.0 Å². The average Bonchev–Trinajstić information content (AvgIpc) is 2.95. The van der Waals surface area contributed by atoms with Crippen LogP contribution in [-0.4, -0.2) is 41.3 Å². The molecule has 0 bridgehead atoms. The van der Waals surface area contributed by atoms with Crippen molar-refractivity contribution in [3.63, 3.8) is 0 Å². The lowest BCUT2D eigenvalue weighted by Crippen LogP contribution is -2.33. The van der Waals surface area contributed by atoms with E-state index in [0.29, 0.717) is 35.8 Å². The third kappa shape index (κ3) is 1.76. The number of halogens is 1. The standard InChI is InChI=1S/C14H14ClN3O2/c1-8-10(3-2-9(6-16)13(8)15)18-7-11-12(19)4-5-17(11)14(18)20/h2-3,11-12,19H,4-5,7H2,1H3/t11-,12?/m1/s1. The molecule has 2 aliphatic rings. The lowest BCUT2D eigenvalue weighted by molar-refractivity contribution is 0.144. The van der Waals surface area contributed by atoms with E-state index in [9.17, 15) is 9.90 Å². The van der Waals surface area contributed by atoms with Gasteiger partial charge in [-0.05, 0) is 31.0 Å². The summed E-state index contributed by atoms with van der Waals surface area (Å²) in [6, 6.07) is 5.15. The summed E-state index contributed by atoms with van der Waals surface area (Å²) in [5, 5.41) is 19.2. The molecule has 1 unspecified atom stereocenters. The molecule has 2 aliphatic heterocycles. The maximum atomic E-state index is 12.4. The van der Waals surface area contributed by atoms with Gasteiger partial charge in [0.25, 0.3) is 0 Å². The number of anilines is 1. The van der Waals surface area contributed by atoms with Crippen LogP contribution in [-0.2, 0) is 0 Å². The van der Waals surface area contributed by atoms with Crippen LogP contribution in [0.15, 0.2) is 12.1 Å². The van der Waals surface area contributed by atoms with Crippen LogP contribution in [0.1, 0.15) is 17.5 Å². The van der Waals surface area contributed by atoms with Crippen molar-refractivity contribution >= 4 is 23.3 Å². The molecule has 0 aromatic heterocycles. The zero-order valence-corrected chi connectivity index (χ0v) is 11.8. The topological polar surface area (TPSA) is 67.6 Å². The monoisotopic (exact) mass is 291 g/mol. The summed E-state index contributed by atoms with van der Waals surface area (Å²) in [4.78, 5) is 15.7. The molecule has 0 radical (unpaired) electrons. The van der Waals surface area contributed by atoms with E-state index in [1.807, 2.05) is 6.07 Å². The zero-order chi connectivity index (χ0) is 14.4. The van der Waals surface area contributed by atoms with Crippen LogP contribution in [0.3, 0.4) is 0 Å². The second kappa shape index (κ2) is 4.65. The average molecular weight is 292 g/mol. The number of hydrogen-bond acceptors (Lipinski definition) is 3. The summed E-state index contributed by atoms with van der Waals surface area (Å²) in [6.07, 6.45) is 0.176. The summed E-state index contributed by atoms with van der Waals surface area (Å²) in [5.74, 6) is 0. The highest BCUT2D eigenvalue weighted by molar-refractivity contribution is 6.33. The van der Waals surface area contributed by atoms with E-state index in [-0.39, 0.29) is 12.1 Å². The van der Waals surface area contributed by atoms with E-state index in [4.69, 9.17) is 16.9 Å². The number of carbonyl (C=O) groups is 1. The molecule has 2 fully saturated rings. The lowest BCUT2D eigenvalue weighted by Gasteiger charge is -2.20. The van der Waals surface area contributed by atoms with Crippen molar-refractivity contribution in [1.29, 1.82) is 5.26 Å². The second-order valence-corrected chi connectivity index (χ2v) is 5.57. The molecular weight excluding hydrogens is 278 g/mol. The fourth-order valence-electron chi connectivity index (χ4n) is 2.97. The molecule has 6 heteroatoms. The third-order valence-electron chi connectivity index (χ3n) is 4.13. The predicted molar refractivity (Wildman–Crippen MR) is 74.8 cm³/mol. The van der Waals surface area contributed by atoms with Crippen molar-refractivity contribution in [2.75, 3.05) is 18.0 Å². The number of nitriles is 1. The lowest BCUT2D eigenvalue weighted by atomic mass is 10.1. The van der Waals surface area contributed by atoms with Gasteiger partial charge in [-0.25, -0.2) is 4.79 Å². The SMILES string of the molecule is Cc1c(N2C[C@@H]3C(O)CCN3C2=O)ccc(C#N)c1Cl. The van der Waals surface area contributed by atoms with Crippen LogP contribution >= 0.6 is 11.6 Å². The number of carbonyl (C=O) groups excluding carboxylic acids is 1. The van der Waals surface area contributed by atoms with Gasteiger partial charge in [0.2, 0.25) is 0 Å². The van der Waals surface area contributed by atoms with E-state index < -0.39 is 6.10 Å². The molecule has 3 rings (SSSR count). The van der Waals surface area contributed by atoms with Crippen LogP contribution < -0.4 is 4.90 Å². The normalized spacial score (nSPS) is 25.0. The minimum atomic E-state index is -0.460. The molecule has 2 amide bonds. The van der Waals surface area contributed by atoms with Crippen molar-refractivity contribution in [1.82, 2.24) is 4.90 Å². The Morgan fingerprint density at radius 1 is 1.50 bits per heavy atom. The molecule has 0 aliphatic carbocycles. The Labute approximate surface area is 122 Å². The zero-order valence-electron chi connectivity index (χ0n) is 11.0. The second-order valence-electron chi connectivity index (χ2n) is 5.19. The van der Waals surface area contributed by atoms with Crippen LogP contribution in [0.5, 0.6) is 0 Å². The maximum Gasteiger partial charge on any atom is 0.324 e. The molecule has 5 nitrogen and oxygen atoms in total. The first-order valence-electron chi connectivity index (χ1n) is 6.50. The predicted octanol–water partition coefficient (Wildman–Crippen LogP) is 1.90. The molecule has 2 heterocycles. The Bertz CT molecular complexity index is 626. The van der Waals surface area contributed by atoms with Gasteiger partial charge in [0.05, 0.1) is 29.3 Å². The van der Waals surface area contributed by atoms with Gasteiger partial charge in [-0.1, -0.05) is 11.6 Å². The van der Waals surface area contributed by atoms with Crippen molar-refractivity contribution in [2.45, 2.75) is 25.5 Å². The highest BCUT2D eigenvalue weighted by atomic mass is 35.5. The fourth-order valence-corrected chi connectivity index (χ4v) is 3.17. The number of urea groups is 1. The molecule has 1 N–H and O–H groups in total. The van der Waals surface area contributed by atoms with Crippen molar-refractivity contribution in [2.24, 2.45) is 0 Å². The van der Waals surface area contributed by atoms with Gasteiger partial charge >= 0.3 is 6.03 Å². The van der Waals surface area contributed by atoms with Gasteiger partial charge in [0, 0.05) is 12.2 Å². The number of nitrogens with zero attached hydrogens (tertiary/aromatic N) is 3. The number of aliphatic hydroxyl groups is 1. The molecule has 2 saturated heterocycles. The number of benzene rings is 1. The summed E-state index contributed by atoms with van der Waals surface area (Å²) < 4.78 is 0. The van der Waals surface area contributed by atoms with Crippen LogP contribution in [0, 0.1) is 18.3 Å². The van der Waals surface area contributed by atoms with Gasteiger partial charge in [-0.15, -0.1) is 0 Å². The number of hydrogen-bond donors (Lipinski definition) is 1. The Balaban J connectivity index is 1.98. The van der Waals surface area contributed by atoms with E-state index in [2.05, 4.69) is 0 Å². The van der Waals surface area contributed by atoms with Gasteiger partial charge in [0.1, 0.15) is 6.07 Å². The molecule has 20 heavy (non-hydrogen) atoms. The van der Waals surface area contributed by atoms with Gasteiger partial charge in [-0.3, -0.25) is 4.90 Å². The molecule has 0 saturated carbocycles. The van der Waals surface area contributed by atoms with Crippen LogP contribution in [0.4, 0.5) is 10.5 Å². The summed E-state index contributed by atoms with van der Waals surface area (Å²) >= 11 is 6.15. The third-order valence-corrected chi connectivity index (χ3v) is 4.61. The number of amides is 2. The molecule has 1 aromatic carbocycles. The smallest absolute Gasteiger partial charge is 0.324 e. The highest BCUT2D eigenvalue weighted by Gasteiger charge is 2.45. The van der Waals surface area contributed by atoms with Gasteiger partial charge in [0.15, 0.2) is 0 Å². The number of fused-ring (bicyclic) bond motifs is 1. The summed E-state index contributed by atoms with van der Waals surface area (Å²) in [6.45, 7) is 2.85. The fraction of sp³-hybridized carbons (Fsp3) is 0.429. The minimum Gasteiger partial charge on any atom is -0.391 e. The first-order chi connectivity index (χ1) is 9.54. The Morgan fingerprint density at radius 3 is 2.90 bits per heavy atom. The molecular formula is C14H14ClN3O2. The quantitative estimate of drug-likeness (QED) is 0.859. The maximum absolute atomic E-state index is 12.4. The summed E-state index contributed by atoms with van der Waals surface area (Å²) in [7, 11) is 0. The summed E-state index contributed by atoms with van der Waals surface area (Å²) in [5.41, 5.74) is 1.83. The van der Waals surface area contributed by atoms with Crippen molar-refractivity contribution in [3.05, 3.63) is 28.3 Å². The Kier molecular flexibility index (Phi) is 3.08. The largest absolute Gasteiger partial charge is 0.391 e. The number of rotatable bonds is 1. The van der Waals surface area contributed by atoms with E-state index >= 15 is 0 Å². The van der Waals surface area contributed by atoms with Crippen LogP contribution in [0.25, 0.3) is 0 Å². The molecule has 0 spiro atoms. The van der Waals surface area contributed by atoms with Crippen molar-refractivity contribution < 1.29 is 9.90 Å². The minimum absolute atomic E-state index is 0.101. The van der Waals surface area contributed by atoms with Gasteiger partial charge in [-0.2, -0.15) is 5.26 Å². The molecule has 104 valence electrons. The van der Waals surface area contributed by atoms with E-state index in [1.54, 1.807) is 28.9 Å². The highest BCUT2D eigenvalue weighted by Crippen LogP contribution is 2.35. The first-order valence-corrected chi connectivity index (χ1v) is 6.87. The Morgan fingerprint density at radius 2 is 2.25 bits per heavy atom. The van der Waals surface area contributed by atoms with Crippen molar-refractivity contribution in [3.8, 4) is 6.07 Å². The van der Waals surface area contributed by atoms with Crippen LogP contribution in [0.2, 0.25) is 5.02 Å². The first kappa shape index (κ1) is 13.2.